The summed E-state index contributed by atoms with van der Waals surface area (Å²) < 4.78 is 0. The number of thioether (sulfide) groups is 1. The summed E-state index contributed by atoms with van der Waals surface area (Å²) in [4.78, 5) is 29.2. The maximum atomic E-state index is 12.7. The Hall–Kier alpha value is -1.49. The molecule has 134 valence electrons. The van der Waals surface area contributed by atoms with Crippen molar-refractivity contribution >= 4 is 29.3 Å². The average molecular weight is 359 g/mol. The van der Waals surface area contributed by atoms with E-state index in [0.717, 1.165) is 44.5 Å². The van der Waals surface area contributed by atoms with Crippen molar-refractivity contribution in [3.63, 3.8) is 0 Å². The van der Waals surface area contributed by atoms with Gasteiger partial charge < -0.3 is 4.90 Å². The number of rotatable bonds is 2. The van der Waals surface area contributed by atoms with Gasteiger partial charge in [0.05, 0.1) is 10.6 Å². The van der Waals surface area contributed by atoms with Gasteiger partial charge in [0.25, 0.3) is 0 Å². The fourth-order valence-electron chi connectivity index (χ4n) is 4.50. The molecule has 1 aromatic carbocycles. The molecule has 3 aliphatic rings. The van der Waals surface area contributed by atoms with Crippen molar-refractivity contribution in [1.82, 2.24) is 4.90 Å². The average Bonchev–Trinajstić information content (AvgIpc) is 3.26. The van der Waals surface area contributed by atoms with Crippen LogP contribution in [0.5, 0.6) is 0 Å². The van der Waals surface area contributed by atoms with Crippen molar-refractivity contribution in [2.45, 2.75) is 50.3 Å². The number of piperidine rings is 1. The molecule has 0 bridgehead atoms. The molecule has 1 spiro atoms. The third-order valence-electron chi connectivity index (χ3n) is 5.97. The van der Waals surface area contributed by atoms with Crippen molar-refractivity contribution in [2.24, 2.45) is 5.92 Å². The van der Waals surface area contributed by atoms with Crippen LogP contribution in [-0.2, 0) is 9.59 Å². The predicted octanol–water partition coefficient (Wildman–Crippen LogP) is 3.58. The normalized spacial score (nSPS) is 23.6. The van der Waals surface area contributed by atoms with Gasteiger partial charge in [-0.3, -0.25) is 14.5 Å². The highest BCUT2D eigenvalue weighted by molar-refractivity contribution is 8.02. The van der Waals surface area contributed by atoms with Crippen molar-refractivity contribution in [1.29, 1.82) is 0 Å². The Bertz CT molecular complexity index is 659. The zero-order chi connectivity index (χ0) is 17.4. The second kappa shape index (κ2) is 6.67. The van der Waals surface area contributed by atoms with Crippen LogP contribution in [0.25, 0.3) is 0 Å². The van der Waals surface area contributed by atoms with E-state index in [2.05, 4.69) is 36.1 Å². The van der Waals surface area contributed by atoms with Crippen LogP contribution in [0, 0.1) is 12.8 Å². The van der Waals surface area contributed by atoms with Crippen LogP contribution in [0.15, 0.2) is 24.3 Å². The van der Waals surface area contributed by atoms with Gasteiger partial charge in [-0.1, -0.05) is 30.5 Å². The smallest absolute Gasteiger partial charge is 0.238 e. The molecule has 0 radical (unpaired) electrons. The van der Waals surface area contributed by atoms with Gasteiger partial charge in [-0.15, -0.1) is 11.8 Å². The number of amides is 2. The summed E-state index contributed by atoms with van der Waals surface area (Å²) in [6.07, 6.45) is 6.25. The van der Waals surface area contributed by atoms with Crippen molar-refractivity contribution < 1.29 is 9.59 Å². The standard InChI is InChI=1S/C20H26N2O2S/c1-15-6-8-17(9-7-15)22-18(23)14-25-20(22)10-12-21(13-11-20)19(24)16-4-2-3-5-16/h6-9,16H,2-5,10-14H2,1H3. The number of aryl methyl sites for hydroxylation is 1. The first-order valence-electron chi connectivity index (χ1n) is 9.42. The highest BCUT2D eigenvalue weighted by Gasteiger charge is 2.49. The minimum atomic E-state index is -0.168. The van der Waals surface area contributed by atoms with Crippen LogP contribution in [-0.4, -0.2) is 40.4 Å². The molecule has 0 N–H and O–H groups in total. The molecule has 0 aromatic heterocycles. The Morgan fingerprint density at radius 1 is 1.12 bits per heavy atom. The molecule has 1 saturated carbocycles. The van der Waals surface area contributed by atoms with Crippen LogP contribution in [0.4, 0.5) is 5.69 Å². The monoisotopic (exact) mass is 358 g/mol. The highest BCUT2D eigenvalue weighted by Crippen LogP contribution is 2.47. The number of carbonyl (C=O) groups excluding carboxylic acids is 2. The lowest BCUT2D eigenvalue weighted by atomic mass is 9.98. The minimum Gasteiger partial charge on any atom is -0.342 e. The lowest BCUT2D eigenvalue weighted by molar-refractivity contribution is -0.136. The van der Waals surface area contributed by atoms with Crippen molar-refractivity contribution in [3.05, 3.63) is 29.8 Å². The van der Waals surface area contributed by atoms with E-state index in [-0.39, 0.29) is 16.7 Å². The summed E-state index contributed by atoms with van der Waals surface area (Å²) >= 11 is 1.77. The number of anilines is 1. The third-order valence-corrected chi connectivity index (χ3v) is 7.49. The molecule has 2 aliphatic heterocycles. The molecule has 2 saturated heterocycles. The molecule has 1 aliphatic carbocycles. The lowest BCUT2D eigenvalue weighted by Gasteiger charge is -2.44. The largest absolute Gasteiger partial charge is 0.342 e. The summed E-state index contributed by atoms with van der Waals surface area (Å²) in [5.41, 5.74) is 2.20. The molecular formula is C20H26N2O2S. The van der Waals surface area contributed by atoms with Crippen LogP contribution in [0.3, 0.4) is 0 Å². The van der Waals surface area contributed by atoms with E-state index in [1.165, 1.54) is 18.4 Å². The SMILES string of the molecule is Cc1ccc(N2C(=O)CSC23CCN(C(=O)C2CCCC2)CC3)cc1. The van der Waals surface area contributed by atoms with Gasteiger partial charge in [0.2, 0.25) is 11.8 Å². The summed E-state index contributed by atoms with van der Waals surface area (Å²) in [6, 6.07) is 8.24. The molecule has 0 atom stereocenters. The Balaban J connectivity index is 1.49. The van der Waals surface area contributed by atoms with E-state index in [0.29, 0.717) is 11.7 Å². The first-order valence-corrected chi connectivity index (χ1v) is 10.4. The van der Waals surface area contributed by atoms with E-state index in [1.54, 1.807) is 11.8 Å². The molecule has 5 heteroatoms. The summed E-state index contributed by atoms with van der Waals surface area (Å²) in [7, 11) is 0. The van der Waals surface area contributed by atoms with E-state index >= 15 is 0 Å². The maximum absolute atomic E-state index is 12.7. The van der Waals surface area contributed by atoms with E-state index < -0.39 is 0 Å². The van der Waals surface area contributed by atoms with Crippen molar-refractivity contribution in [2.75, 3.05) is 23.7 Å². The number of likely N-dealkylation sites (tertiary alicyclic amines) is 1. The predicted molar refractivity (Wildman–Crippen MR) is 102 cm³/mol. The molecule has 4 nitrogen and oxygen atoms in total. The first-order chi connectivity index (χ1) is 12.1. The second-order valence-corrected chi connectivity index (χ2v) is 8.94. The molecule has 25 heavy (non-hydrogen) atoms. The van der Waals surface area contributed by atoms with Gasteiger partial charge in [-0.2, -0.15) is 0 Å². The van der Waals surface area contributed by atoms with Crippen LogP contribution in [0.2, 0.25) is 0 Å². The van der Waals surface area contributed by atoms with Gasteiger partial charge in [0, 0.05) is 24.7 Å². The summed E-state index contributed by atoms with van der Waals surface area (Å²) in [5, 5.41) is 0. The number of carbonyl (C=O) groups is 2. The fourth-order valence-corrected chi connectivity index (χ4v) is 5.83. The Morgan fingerprint density at radius 2 is 1.76 bits per heavy atom. The highest BCUT2D eigenvalue weighted by atomic mass is 32.2. The van der Waals surface area contributed by atoms with Gasteiger partial charge in [0.15, 0.2) is 0 Å². The Morgan fingerprint density at radius 3 is 2.40 bits per heavy atom. The molecule has 1 aromatic rings. The molecule has 2 heterocycles. The first kappa shape index (κ1) is 17.0. The van der Waals surface area contributed by atoms with Gasteiger partial charge in [0.1, 0.15) is 0 Å². The van der Waals surface area contributed by atoms with Crippen LogP contribution >= 0.6 is 11.8 Å². The number of benzene rings is 1. The zero-order valence-electron chi connectivity index (χ0n) is 14.9. The Kier molecular flexibility index (Phi) is 4.52. The molecule has 4 rings (SSSR count). The quantitative estimate of drug-likeness (QED) is 0.811. The van der Waals surface area contributed by atoms with E-state index in [9.17, 15) is 9.59 Å². The maximum Gasteiger partial charge on any atom is 0.238 e. The van der Waals surface area contributed by atoms with Crippen molar-refractivity contribution in [3.8, 4) is 0 Å². The van der Waals surface area contributed by atoms with E-state index in [1.807, 2.05) is 4.90 Å². The third kappa shape index (κ3) is 3.07. The molecule has 2 amide bonds. The van der Waals surface area contributed by atoms with E-state index in [4.69, 9.17) is 0 Å². The minimum absolute atomic E-state index is 0.168. The van der Waals surface area contributed by atoms with Crippen LogP contribution in [0.1, 0.15) is 44.1 Å². The zero-order valence-corrected chi connectivity index (χ0v) is 15.7. The summed E-state index contributed by atoms with van der Waals surface area (Å²) in [6.45, 7) is 3.61. The summed E-state index contributed by atoms with van der Waals surface area (Å²) in [5.74, 6) is 1.35. The fraction of sp³-hybridized carbons (Fsp3) is 0.600. The van der Waals surface area contributed by atoms with Gasteiger partial charge in [-0.05, 0) is 44.7 Å². The molecule has 0 unspecified atom stereocenters. The Labute approximate surface area is 153 Å². The van der Waals surface area contributed by atoms with Crippen LogP contribution < -0.4 is 4.90 Å². The number of hydrogen-bond donors (Lipinski definition) is 0. The number of hydrogen-bond acceptors (Lipinski definition) is 3. The molecule has 3 fully saturated rings. The second-order valence-electron chi connectivity index (χ2n) is 7.61. The lowest BCUT2D eigenvalue weighted by Crippen LogP contribution is -2.53. The van der Waals surface area contributed by atoms with Gasteiger partial charge >= 0.3 is 0 Å². The molecular weight excluding hydrogens is 332 g/mol. The topological polar surface area (TPSA) is 40.6 Å². The number of nitrogens with zero attached hydrogens (tertiary/aromatic N) is 2. The van der Waals surface area contributed by atoms with Gasteiger partial charge in [-0.25, -0.2) is 0 Å².